The van der Waals surface area contributed by atoms with Gasteiger partial charge in [0.05, 0.1) is 0 Å². The van der Waals surface area contributed by atoms with Crippen molar-refractivity contribution < 1.29 is 8.78 Å². The molecule has 0 saturated carbocycles. The van der Waals surface area contributed by atoms with Crippen LogP contribution in [-0.4, -0.2) is 0 Å². The van der Waals surface area contributed by atoms with Crippen LogP contribution in [0.5, 0.6) is 0 Å². The van der Waals surface area contributed by atoms with Crippen LogP contribution in [0.15, 0.2) is 40.9 Å². The Morgan fingerprint density at radius 1 is 1.17 bits per heavy atom. The minimum Gasteiger partial charge on any atom is -0.381 e. The van der Waals surface area contributed by atoms with Crippen molar-refractivity contribution in [3.63, 3.8) is 0 Å². The molecule has 0 aromatic heterocycles. The van der Waals surface area contributed by atoms with E-state index in [-0.39, 0.29) is 6.54 Å². The normalized spacial score (nSPS) is 10.4. The van der Waals surface area contributed by atoms with E-state index >= 15 is 0 Å². The van der Waals surface area contributed by atoms with Gasteiger partial charge in [-0.25, -0.2) is 8.78 Å². The molecule has 2 rings (SSSR count). The Hall–Kier alpha value is -0.690. The number of halogens is 4. The summed E-state index contributed by atoms with van der Waals surface area (Å²) in [4.78, 5) is 0. The molecule has 94 valence electrons. The highest BCUT2D eigenvalue weighted by atomic mass is 127. The first-order valence-corrected chi connectivity index (χ1v) is 7.07. The molecule has 2 aromatic rings. The monoisotopic (exact) mass is 423 g/mol. The van der Waals surface area contributed by atoms with Crippen LogP contribution in [0.1, 0.15) is 5.56 Å². The maximum atomic E-state index is 13.4. The highest BCUT2D eigenvalue weighted by Crippen LogP contribution is 2.23. The molecule has 0 unspecified atom stereocenters. The second kappa shape index (κ2) is 5.97. The van der Waals surface area contributed by atoms with Crippen molar-refractivity contribution in [2.24, 2.45) is 0 Å². The molecule has 0 amide bonds. The summed E-state index contributed by atoms with van der Waals surface area (Å²) in [5.41, 5.74) is 1.16. The lowest BCUT2D eigenvalue weighted by Gasteiger charge is -2.08. The number of rotatable bonds is 3. The third-order valence-corrected chi connectivity index (χ3v) is 4.77. The Labute approximate surface area is 126 Å². The van der Waals surface area contributed by atoms with Crippen LogP contribution < -0.4 is 5.32 Å². The van der Waals surface area contributed by atoms with E-state index in [4.69, 9.17) is 0 Å². The highest BCUT2D eigenvalue weighted by Gasteiger charge is 2.07. The van der Waals surface area contributed by atoms with Gasteiger partial charge in [0.25, 0.3) is 0 Å². The van der Waals surface area contributed by atoms with E-state index in [2.05, 4.69) is 43.8 Å². The van der Waals surface area contributed by atoms with Crippen LogP contribution >= 0.6 is 38.5 Å². The second-order valence-electron chi connectivity index (χ2n) is 3.70. The van der Waals surface area contributed by atoms with E-state index in [9.17, 15) is 8.78 Å². The zero-order chi connectivity index (χ0) is 13.1. The Bertz CT molecular complexity index is 575. The molecule has 0 bridgehead atoms. The average Bonchev–Trinajstić information content (AvgIpc) is 2.35. The molecule has 0 saturated heterocycles. The Kier molecular flexibility index (Phi) is 4.55. The van der Waals surface area contributed by atoms with Crippen molar-refractivity contribution in [2.45, 2.75) is 6.54 Å². The summed E-state index contributed by atoms with van der Waals surface area (Å²) >= 11 is 5.62. The fraction of sp³-hybridized carbons (Fsp3) is 0.0769. The molecule has 0 spiro atoms. The highest BCUT2D eigenvalue weighted by molar-refractivity contribution is 14.1. The SMILES string of the molecule is Fc1cccc(CNc2ccc(I)c(Br)c2)c1F. The molecule has 0 aliphatic heterocycles. The summed E-state index contributed by atoms with van der Waals surface area (Å²) < 4.78 is 28.5. The van der Waals surface area contributed by atoms with Gasteiger partial charge in [0.1, 0.15) is 0 Å². The van der Waals surface area contributed by atoms with E-state index < -0.39 is 11.6 Å². The molecular formula is C13H9BrF2IN. The Morgan fingerprint density at radius 2 is 1.94 bits per heavy atom. The largest absolute Gasteiger partial charge is 0.381 e. The van der Waals surface area contributed by atoms with Gasteiger partial charge >= 0.3 is 0 Å². The molecule has 2 aromatic carbocycles. The Balaban J connectivity index is 2.11. The van der Waals surface area contributed by atoms with Crippen molar-refractivity contribution in [1.82, 2.24) is 0 Å². The van der Waals surface area contributed by atoms with Gasteiger partial charge in [0.15, 0.2) is 11.6 Å². The zero-order valence-corrected chi connectivity index (χ0v) is 12.9. The quantitative estimate of drug-likeness (QED) is 0.689. The summed E-state index contributed by atoms with van der Waals surface area (Å²) in [5, 5.41) is 3.06. The molecule has 1 N–H and O–H groups in total. The number of nitrogens with one attached hydrogen (secondary N) is 1. The van der Waals surface area contributed by atoms with Gasteiger partial charge in [-0.2, -0.15) is 0 Å². The van der Waals surface area contributed by atoms with Crippen LogP contribution in [-0.2, 0) is 6.54 Å². The maximum absolute atomic E-state index is 13.4. The van der Waals surface area contributed by atoms with E-state index in [0.29, 0.717) is 5.56 Å². The predicted molar refractivity (Wildman–Crippen MR) is 80.5 cm³/mol. The third-order valence-electron chi connectivity index (χ3n) is 2.43. The topological polar surface area (TPSA) is 12.0 Å². The second-order valence-corrected chi connectivity index (χ2v) is 5.71. The lowest BCUT2D eigenvalue weighted by Crippen LogP contribution is -2.03. The van der Waals surface area contributed by atoms with Gasteiger partial charge in [0, 0.05) is 25.8 Å². The van der Waals surface area contributed by atoms with Gasteiger partial charge < -0.3 is 5.32 Å². The molecule has 0 aliphatic rings. The molecule has 5 heteroatoms. The van der Waals surface area contributed by atoms with Crippen LogP contribution in [0.3, 0.4) is 0 Å². The summed E-state index contributed by atoms with van der Waals surface area (Å²) in [6, 6.07) is 9.91. The van der Waals surface area contributed by atoms with Gasteiger partial charge in [-0.3, -0.25) is 0 Å². The summed E-state index contributed by atoms with van der Waals surface area (Å²) in [6.45, 7) is 0.247. The number of anilines is 1. The lowest BCUT2D eigenvalue weighted by molar-refractivity contribution is 0.500. The molecule has 0 heterocycles. The Morgan fingerprint density at radius 3 is 2.67 bits per heavy atom. The molecule has 1 nitrogen and oxygen atoms in total. The van der Waals surface area contributed by atoms with E-state index in [0.717, 1.165) is 19.8 Å². The molecule has 0 aliphatic carbocycles. The fourth-order valence-electron chi connectivity index (χ4n) is 1.49. The third kappa shape index (κ3) is 3.20. The van der Waals surface area contributed by atoms with Gasteiger partial charge in [-0.05, 0) is 62.8 Å². The van der Waals surface area contributed by atoms with Crippen molar-refractivity contribution >= 4 is 44.2 Å². The number of hydrogen-bond donors (Lipinski definition) is 1. The standard InChI is InChI=1S/C13H9BrF2IN/c14-10-6-9(4-5-12(10)17)18-7-8-2-1-3-11(15)13(8)16/h1-6,18H,7H2. The summed E-state index contributed by atoms with van der Waals surface area (Å²) in [6.07, 6.45) is 0. The van der Waals surface area contributed by atoms with Crippen molar-refractivity contribution in [3.8, 4) is 0 Å². The molecule has 0 radical (unpaired) electrons. The predicted octanol–water partition coefficient (Wildman–Crippen LogP) is 4.94. The van der Waals surface area contributed by atoms with Crippen LogP contribution in [0.4, 0.5) is 14.5 Å². The van der Waals surface area contributed by atoms with Crippen molar-refractivity contribution in [1.29, 1.82) is 0 Å². The molecule has 0 fully saturated rings. The van der Waals surface area contributed by atoms with Crippen LogP contribution in [0.25, 0.3) is 0 Å². The fourth-order valence-corrected chi connectivity index (χ4v) is 2.20. The van der Waals surface area contributed by atoms with Crippen molar-refractivity contribution in [2.75, 3.05) is 5.32 Å². The molecular weight excluding hydrogens is 415 g/mol. The van der Waals surface area contributed by atoms with Crippen molar-refractivity contribution in [3.05, 3.63) is 61.6 Å². The van der Waals surface area contributed by atoms with E-state index in [1.807, 2.05) is 18.2 Å². The first-order chi connectivity index (χ1) is 8.58. The number of benzene rings is 2. The van der Waals surface area contributed by atoms with E-state index in [1.165, 1.54) is 6.07 Å². The van der Waals surface area contributed by atoms with Crippen LogP contribution in [0.2, 0.25) is 0 Å². The average molecular weight is 424 g/mol. The summed E-state index contributed by atoms with van der Waals surface area (Å²) in [7, 11) is 0. The minimum atomic E-state index is -0.821. The van der Waals surface area contributed by atoms with Gasteiger partial charge in [-0.15, -0.1) is 0 Å². The minimum absolute atomic E-state index is 0.247. The maximum Gasteiger partial charge on any atom is 0.163 e. The lowest BCUT2D eigenvalue weighted by atomic mass is 10.2. The van der Waals surface area contributed by atoms with Gasteiger partial charge in [0.2, 0.25) is 0 Å². The van der Waals surface area contributed by atoms with E-state index in [1.54, 1.807) is 6.07 Å². The number of hydrogen-bond acceptors (Lipinski definition) is 1. The zero-order valence-electron chi connectivity index (χ0n) is 9.18. The van der Waals surface area contributed by atoms with Gasteiger partial charge in [-0.1, -0.05) is 12.1 Å². The summed E-state index contributed by atoms with van der Waals surface area (Å²) in [5.74, 6) is -1.62. The first kappa shape index (κ1) is 13.7. The smallest absolute Gasteiger partial charge is 0.163 e. The molecule has 0 atom stereocenters. The first-order valence-electron chi connectivity index (χ1n) is 5.20. The molecule has 18 heavy (non-hydrogen) atoms. The van der Waals surface area contributed by atoms with Crippen LogP contribution in [0, 0.1) is 15.2 Å².